The van der Waals surface area contributed by atoms with Crippen molar-refractivity contribution in [1.29, 1.82) is 0 Å². The number of aromatic nitrogens is 2. The van der Waals surface area contributed by atoms with Gasteiger partial charge in [-0.2, -0.15) is 0 Å². The van der Waals surface area contributed by atoms with Crippen LogP contribution in [-0.4, -0.2) is 9.55 Å². The molecule has 0 aliphatic rings. The molecule has 7 heteroatoms. The molecule has 3 rings (SSSR count). The van der Waals surface area contributed by atoms with E-state index in [1.54, 1.807) is 10.6 Å². The number of hydrogen-bond acceptors (Lipinski definition) is 2. The van der Waals surface area contributed by atoms with E-state index in [4.69, 9.17) is 5.73 Å². The van der Waals surface area contributed by atoms with Gasteiger partial charge < -0.3 is 10.3 Å². The fraction of sp³-hybridized carbons (Fsp3) is 0.0714. The fourth-order valence-electron chi connectivity index (χ4n) is 2.13. The predicted molar refractivity (Wildman–Crippen MR) is 82.3 cm³/mol. The van der Waals surface area contributed by atoms with E-state index in [1.165, 1.54) is 12.1 Å². The van der Waals surface area contributed by atoms with Crippen LogP contribution in [0, 0.1) is 21.0 Å². The van der Waals surface area contributed by atoms with Crippen LogP contribution in [-0.2, 0) is 6.54 Å². The molecule has 21 heavy (non-hydrogen) atoms. The van der Waals surface area contributed by atoms with Crippen molar-refractivity contribution in [3.05, 3.63) is 56.9 Å². The number of fused-ring (bicyclic) bond motifs is 1. The number of nitrogen functional groups attached to an aromatic ring is 1. The third kappa shape index (κ3) is 2.57. The number of hydrogen-bond donors (Lipinski definition) is 1. The summed E-state index contributed by atoms with van der Waals surface area (Å²) in [5, 5.41) is 0. The molecule has 0 unspecified atom stereocenters. The Kier molecular flexibility index (Phi) is 3.52. The first kappa shape index (κ1) is 14.2. The van der Waals surface area contributed by atoms with E-state index in [2.05, 4.69) is 4.98 Å². The van der Waals surface area contributed by atoms with Gasteiger partial charge in [-0.1, -0.05) is 6.07 Å². The molecule has 108 valence electrons. The number of halogens is 4. The zero-order valence-corrected chi connectivity index (χ0v) is 12.7. The molecule has 1 heterocycles. The standard InChI is InChI=1S/C14H9F3IN3/c15-8-2-1-7(3-9(8)16)6-21-13-4-10(17)11(18)5-12(13)20-14(21)19/h1-5H,6H2,(H2,19,20). The minimum atomic E-state index is -0.934. The number of anilines is 1. The maximum absolute atomic E-state index is 13.7. The van der Waals surface area contributed by atoms with Crippen LogP contribution in [0.25, 0.3) is 11.0 Å². The van der Waals surface area contributed by atoms with Crippen LogP contribution in [0.2, 0.25) is 0 Å². The second kappa shape index (κ2) is 5.21. The molecular weight excluding hydrogens is 394 g/mol. The van der Waals surface area contributed by atoms with Crippen molar-refractivity contribution in [2.24, 2.45) is 0 Å². The van der Waals surface area contributed by atoms with Gasteiger partial charge in [0.25, 0.3) is 0 Å². The second-order valence-corrected chi connectivity index (χ2v) is 5.72. The molecule has 3 aromatic rings. The fourth-order valence-corrected chi connectivity index (χ4v) is 2.58. The van der Waals surface area contributed by atoms with Crippen LogP contribution in [0.3, 0.4) is 0 Å². The third-order valence-electron chi connectivity index (χ3n) is 3.14. The number of nitrogens with zero attached hydrogens (tertiary/aromatic N) is 2. The van der Waals surface area contributed by atoms with Gasteiger partial charge in [-0.15, -0.1) is 0 Å². The summed E-state index contributed by atoms with van der Waals surface area (Å²) in [5.41, 5.74) is 7.41. The van der Waals surface area contributed by atoms with Crippen molar-refractivity contribution in [3.8, 4) is 0 Å². The smallest absolute Gasteiger partial charge is 0.201 e. The summed E-state index contributed by atoms with van der Waals surface area (Å²) in [4.78, 5) is 4.15. The highest BCUT2D eigenvalue weighted by Gasteiger charge is 2.13. The molecule has 0 saturated carbocycles. The Balaban J connectivity index is 2.09. The molecule has 2 N–H and O–H groups in total. The van der Waals surface area contributed by atoms with Crippen LogP contribution >= 0.6 is 22.6 Å². The molecule has 0 saturated heterocycles. The van der Waals surface area contributed by atoms with Gasteiger partial charge in [0, 0.05) is 6.07 Å². The Morgan fingerprint density at radius 3 is 2.52 bits per heavy atom. The summed E-state index contributed by atoms with van der Waals surface area (Å²) in [6.45, 7) is 0.180. The zero-order chi connectivity index (χ0) is 15.1. The monoisotopic (exact) mass is 403 g/mol. The molecule has 2 aromatic carbocycles. The Labute approximate surface area is 131 Å². The average Bonchev–Trinajstić information content (AvgIpc) is 2.71. The largest absolute Gasteiger partial charge is 0.369 e. The van der Waals surface area contributed by atoms with Crippen LogP contribution < -0.4 is 5.73 Å². The van der Waals surface area contributed by atoms with Crippen LogP contribution in [0.4, 0.5) is 19.1 Å². The van der Waals surface area contributed by atoms with Gasteiger partial charge in [-0.3, -0.25) is 0 Å². The summed E-state index contributed by atoms with van der Waals surface area (Å²) in [5.74, 6) is -2.04. The molecule has 0 amide bonds. The van der Waals surface area contributed by atoms with Crippen LogP contribution in [0.1, 0.15) is 5.56 Å². The molecule has 0 aliphatic carbocycles. The minimum Gasteiger partial charge on any atom is -0.369 e. The molecule has 0 radical (unpaired) electrons. The van der Waals surface area contributed by atoms with Gasteiger partial charge >= 0.3 is 0 Å². The van der Waals surface area contributed by atoms with Crippen molar-refractivity contribution in [2.45, 2.75) is 6.54 Å². The van der Waals surface area contributed by atoms with Gasteiger partial charge in [0.2, 0.25) is 5.95 Å². The summed E-state index contributed by atoms with van der Waals surface area (Å²) >= 11 is 1.87. The molecule has 1 aromatic heterocycles. The Morgan fingerprint density at radius 2 is 1.81 bits per heavy atom. The lowest BCUT2D eigenvalue weighted by molar-refractivity contribution is 0.506. The van der Waals surface area contributed by atoms with Crippen LogP contribution in [0.15, 0.2) is 30.3 Å². The molecule has 3 nitrogen and oxygen atoms in total. The van der Waals surface area contributed by atoms with Gasteiger partial charge in [0.1, 0.15) is 5.82 Å². The van der Waals surface area contributed by atoms with E-state index in [-0.39, 0.29) is 18.3 Å². The van der Waals surface area contributed by atoms with Gasteiger partial charge in [0.05, 0.1) is 21.1 Å². The van der Waals surface area contributed by atoms with Gasteiger partial charge in [-0.05, 0) is 46.4 Å². The van der Waals surface area contributed by atoms with E-state index in [0.29, 0.717) is 20.2 Å². The zero-order valence-electron chi connectivity index (χ0n) is 10.6. The second-order valence-electron chi connectivity index (χ2n) is 4.56. The summed E-state index contributed by atoms with van der Waals surface area (Å²) < 4.78 is 41.9. The molecule has 0 fully saturated rings. The molecule has 0 bridgehead atoms. The van der Waals surface area contributed by atoms with Crippen molar-refractivity contribution < 1.29 is 13.2 Å². The third-order valence-corrected chi connectivity index (χ3v) is 3.97. The van der Waals surface area contributed by atoms with Crippen molar-refractivity contribution in [2.75, 3.05) is 5.73 Å². The topological polar surface area (TPSA) is 43.8 Å². The Hall–Kier alpha value is -1.77. The Morgan fingerprint density at radius 1 is 1.05 bits per heavy atom. The number of imidazole rings is 1. The summed E-state index contributed by atoms with van der Waals surface area (Å²) in [7, 11) is 0. The van der Waals surface area contributed by atoms with Gasteiger partial charge in [0.15, 0.2) is 11.6 Å². The number of nitrogens with two attached hydrogens (primary N) is 1. The molecule has 0 atom stereocenters. The molecular formula is C14H9F3IN3. The maximum atomic E-state index is 13.7. The first-order valence-electron chi connectivity index (χ1n) is 6.00. The van der Waals surface area contributed by atoms with E-state index < -0.39 is 11.6 Å². The van der Waals surface area contributed by atoms with Crippen molar-refractivity contribution in [3.63, 3.8) is 0 Å². The number of benzene rings is 2. The lowest BCUT2D eigenvalue weighted by Crippen LogP contribution is -2.05. The predicted octanol–water partition coefficient (Wildman–Crippen LogP) is 3.69. The van der Waals surface area contributed by atoms with Gasteiger partial charge in [-0.25, -0.2) is 18.2 Å². The van der Waals surface area contributed by atoms with E-state index in [9.17, 15) is 13.2 Å². The minimum absolute atomic E-state index is 0.180. The molecule has 0 spiro atoms. The highest BCUT2D eigenvalue weighted by molar-refractivity contribution is 14.1. The number of rotatable bonds is 2. The highest BCUT2D eigenvalue weighted by atomic mass is 127. The van der Waals surface area contributed by atoms with Crippen LogP contribution in [0.5, 0.6) is 0 Å². The normalized spacial score (nSPS) is 11.2. The maximum Gasteiger partial charge on any atom is 0.201 e. The van der Waals surface area contributed by atoms with E-state index in [0.717, 1.165) is 12.1 Å². The first-order chi connectivity index (χ1) is 9.95. The molecule has 0 aliphatic heterocycles. The first-order valence-corrected chi connectivity index (χ1v) is 7.08. The summed E-state index contributed by atoms with van der Waals surface area (Å²) in [6, 6.07) is 6.50. The quantitative estimate of drug-likeness (QED) is 0.664. The highest BCUT2D eigenvalue weighted by Crippen LogP contribution is 2.24. The Bertz CT molecular complexity index is 845. The SMILES string of the molecule is Nc1nc2cc(I)c(F)cc2n1Cc1ccc(F)c(F)c1. The van der Waals surface area contributed by atoms with E-state index >= 15 is 0 Å². The lowest BCUT2D eigenvalue weighted by Gasteiger charge is -2.07. The average molecular weight is 403 g/mol. The van der Waals surface area contributed by atoms with Crippen molar-refractivity contribution in [1.82, 2.24) is 9.55 Å². The van der Waals surface area contributed by atoms with E-state index in [1.807, 2.05) is 22.6 Å². The van der Waals surface area contributed by atoms with Crippen molar-refractivity contribution >= 4 is 39.6 Å². The lowest BCUT2D eigenvalue weighted by atomic mass is 10.2. The summed E-state index contributed by atoms with van der Waals surface area (Å²) in [6.07, 6.45) is 0.